The molecular weight excluding hydrogens is 308 g/mol. The van der Waals surface area contributed by atoms with Crippen LogP contribution in [-0.2, 0) is 4.74 Å². The third-order valence-electron chi connectivity index (χ3n) is 3.69. The lowest BCUT2D eigenvalue weighted by atomic mass is 10.2. The molecule has 2 rings (SSSR count). The number of carbonyl (C=O) groups excluding carboxylic acids is 2. The number of hydrogen-bond acceptors (Lipinski definition) is 5. The van der Waals surface area contributed by atoms with Gasteiger partial charge in [-0.2, -0.15) is 0 Å². The molecule has 1 aliphatic rings. The van der Waals surface area contributed by atoms with Gasteiger partial charge in [0.25, 0.3) is 0 Å². The van der Waals surface area contributed by atoms with Crippen LogP contribution >= 0.6 is 0 Å². The van der Waals surface area contributed by atoms with Gasteiger partial charge in [-0.05, 0) is 32.9 Å². The molecule has 0 aliphatic carbocycles. The van der Waals surface area contributed by atoms with Crippen LogP contribution in [0.1, 0.15) is 31.1 Å². The van der Waals surface area contributed by atoms with Crippen molar-refractivity contribution in [2.75, 3.05) is 39.3 Å². The lowest BCUT2D eigenvalue weighted by molar-refractivity contribution is 0.0137. The number of hydrogen-bond donors (Lipinski definition) is 0. The van der Waals surface area contributed by atoms with E-state index in [2.05, 4.69) is 4.90 Å². The zero-order valence-corrected chi connectivity index (χ0v) is 14.7. The smallest absolute Gasteiger partial charge is 0.410 e. The molecule has 1 amide bonds. The average Bonchev–Trinajstić information content (AvgIpc) is 2.54. The Kier molecular flexibility index (Phi) is 6.20. The quantitative estimate of drug-likeness (QED) is 0.774. The maximum absolute atomic E-state index is 12.0. The zero-order chi connectivity index (χ0) is 17.6. The van der Waals surface area contributed by atoms with Gasteiger partial charge in [-0.1, -0.05) is 12.1 Å². The number of carbonyl (C=O) groups is 2. The summed E-state index contributed by atoms with van der Waals surface area (Å²) in [6.07, 6.45) is 0.562. The highest BCUT2D eigenvalue weighted by Gasteiger charge is 2.25. The van der Waals surface area contributed by atoms with Crippen molar-refractivity contribution in [3.05, 3.63) is 29.8 Å². The number of aldehydes is 1. The molecule has 0 aromatic heterocycles. The van der Waals surface area contributed by atoms with E-state index in [1.54, 1.807) is 23.1 Å². The number of benzene rings is 1. The first-order valence-corrected chi connectivity index (χ1v) is 8.26. The van der Waals surface area contributed by atoms with Crippen molar-refractivity contribution in [3.63, 3.8) is 0 Å². The van der Waals surface area contributed by atoms with Crippen molar-refractivity contribution >= 4 is 12.4 Å². The molecule has 0 saturated carbocycles. The molecule has 1 aromatic carbocycles. The zero-order valence-electron chi connectivity index (χ0n) is 14.7. The van der Waals surface area contributed by atoms with E-state index in [9.17, 15) is 9.59 Å². The van der Waals surface area contributed by atoms with Crippen LogP contribution in [0.5, 0.6) is 5.75 Å². The van der Waals surface area contributed by atoms with Crippen molar-refractivity contribution in [2.45, 2.75) is 26.4 Å². The molecule has 0 atom stereocenters. The summed E-state index contributed by atoms with van der Waals surface area (Å²) in [5, 5.41) is 0. The van der Waals surface area contributed by atoms with Gasteiger partial charge in [-0.25, -0.2) is 4.79 Å². The monoisotopic (exact) mass is 334 g/mol. The van der Waals surface area contributed by atoms with Crippen molar-refractivity contribution in [1.29, 1.82) is 0 Å². The molecule has 0 radical (unpaired) electrons. The lowest BCUT2D eigenvalue weighted by Crippen LogP contribution is -2.50. The third kappa shape index (κ3) is 5.85. The fraction of sp³-hybridized carbons (Fsp3) is 0.556. The Balaban J connectivity index is 1.69. The predicted molar refractivity (Wildman–Crippen MR) is 91.6 cm³/mol. The van der Waals surface area contributed by atoms with Gasteiger partial charge in [0.05, 0.1) is 0 Å². The van der Waals surface area contributed by atoms with Crippen LogP contribution in [0.3, 0.4) is 0 Å². The summed E-state index contributed by atoms with van der Waals surface area (Å²) in [4.78, 5) is 26.8. The van der Waals surface area contributed by atoms with Crippen LogP contribution < -0.4 is 4.74 Å². The summed E-state index contributed by atoms with van der Waals surface area (Å²) in [5.74, 6) is 0.701. The van der Waals surface area contributed by atoms with Crippen LogP contribution in [0.2, 0.25) is 0 Å². The van der Waals surface area contributed by atoms with Crippen LogP contribution in [0, 0.1) is 0 Å². The molecule has 1 heterocycles. The number of amides is 1. The second-order valence-electron chi connectivity index (χ2n) is 6.85. The van der Waals surface area contributed by atoms with Crippen LogP contribution in [0.4, 0.5) is 4.79 Å². The van der Waals surface area contributed by atoms with Crippen molar-refractivity contribution in [2.24, 2.45) is 0 Å². The number of ether oxygens (including phenoxy) is 2. The summed E-state index contributed by atoms with van der Waals surface area (Å²) in [6, 6.07) is 7.12. The van der Waals surface area contributed by atoms with Crippen molar-refractivity contribution < 1.29 is 19.1 Å². The van der Waals surface area contributed by atoms with Crippen molar-refractivity contribution in [3.8, 4) is 5.75 Å². The highest BCUT2D eigenvalue weighted by Crippen LogP contribution is 2.13. The molecule has 1 aromatic rings. The normalized spacial score (nSPS) is 15.9. The second-order valence-corrected chi connectivity index (χ2v) is 6.85. The number of nitrogens with zero attached hydrogens (tertiary/aromatic N) is 2. The Morgan fingerprint density at radius 3 is 2.54 bits per heavy atom. The SMILES string of the molecule is CC(C)(C)OC(=O)N1CCN(CCOc2cccc(C=O)c2)CC1. The van der Waals surface area contributed by atoms with E-state index in [0.29, 0.717) is 31.0 Å². The Hall–Kier alpha value is -2.08. The van der Waals surface area contributed by atoms with E-state index >= 15 is 0 Å². The van der Waals surface area contributed by atoms with Gasteiger partial charge >= 0.3 is 6.09 Å². The minimum atomic E-state index is -0.460. The van der Waals surface area contributed by atoms with Gasteiger partial charge in [-0.15, -0.1) is 0 Å². The van der Waals surface area contributed by atoms with Gasteiger partial charge in [0.2, 0.25) is 0 Å². The summed E-state index contributed by atoms with van der Waals surface area (Å²) < 4.78 is 11.1. The highest BCUT2D eigenvalue weighted by atomic mass is 16.6. The Morgan fingerprint density at radius 2 is 1.92 bits per heavy atom. The van der Waals surface area contributed by atoms with Gasteiger partial charge in [0.1, 0.15) is 24.2 Å². The third-order valence-corrected chi connectivity index (χ3v) is 3.69. The first-order valence-electron chi connectivity index (χ1n) is 8.26. The van der Waals surface area contributed by atoms with Crippen LogP contribution in [0.25, 0.3) is 0 Å². The molecule has 1 fully saturated rings. The first-order chi connectivity index (χ1) is 11.4. The molecule has 24 heavy (non-hydrogen) atoms. The molecule has 0 unspecified atom stereocenters. The van der Waals surface area contributed by atoms with Crippen LogP contribution in [-0.4, -0.2) is 67.1 Å². The first kappa shape index (κ1) is 18.3. The Morgan fingerprint density at radius 1 is 1.21 bits per heavy atom. The predicted octanol–water partition coefficient (Wildman–Crippen LogP) is 2.43. The lowest BCUT2D eigenvalue weighted by Gasteiger charge is -2.35. The topological polar surface area (TPSA) is 59.1 Å². The van der Waals surface area contributed by atoms with Gasteiger partial charge in [0, 0.05) is 38.3 Å². The summed E-state index contributed by atoms with van der Waals surface area (Å²) in [5.41, 5.74) is 0.149. The molecular formula is C18H26N2O4. The maximum Gasteiger partial charge on any atom is 0.410 e. The van der Waals surface area contributed by atoms with E-state index in [0.717, 1.165) is 25.9 Å². The molecule has 6 nitrogen and oxygen atoms in total. The van der Waals surface area contributed by atoms with E-state index in [-0.39, 0.29) is 6.09 Å². The largest absolute Gasteiger partial charge is 0.492 e. The van der Waals surface area contributed by atoms with Gasteiger partial charge in [-0.3, -0.25) is 9.69 Å². The summed E-state index contributed by atoms with van der Waals surface area (Å²) in [6.45, 7) is 9.88. The minimum Gasteiger partial charge on any atom is -0.492 e. The molecule has 1 saturated heterocycles. The molecule has 0 bridgehead atoms. The van der Waals surface area contributed by atoms with Gasteiger partial charge < -0.3 is 14.4 Å². The average molecular weight is 334 g/mol. The number of piperazine rings is 1. The summed E-state index contributed by atoms with van der Waals surface area (Å²) >= 11 is 0. The molecule has 0 spiro atoms. The van der Waals surface area contributed by atoms with Gasteiger partial charge in [0.15, 0.2) is 0 Å². The fourth-order valence-corrected chi connectivity index (χ4v) is 2.45. The second kappa shape index (κ2) is 8.15. The van der Waals surface area contributed by atoms with E-state index in [1.165, 1.54) is 0 Å². The van der Waals surface area contributed by atoms with Crippen LogP contribution in [0.15, 0.2) is 24.3 Å². The molecule has 132 valence electrons. The van der Waals surface area contributed by atoms with E-state index < -0.39 is 5.60 Å². The van der Waals surface area contributed by atoms with E-state index in [4.69, 9.17) is 9.47 Å². The summed E-state index contributed by atoms with van der Waals surface area (Å²) in [7, 11) is 0. The standard InChI is InChI=1S/C18H26N2O4/c1-18(2,3)24-17(22)20-9-7-19(8-10-20)11-12-23-16-6-4-5-15(13-16)14-21/h4-6,13-14H,7-12H2,1-3H3. The molecule has 6 heteroatoms. The molecule has 0 N–H and O–H groups in total. The Bertz CT molecular complexity index is 560. The minimum absolute atomic E-state index is 0.246. The molecule has 1 aliphatic heterocycles. The Labute approximate surface area is 143 Å². The number of rotatable bonds is 5. The highest BCUT2D eigenvalue weighted by molar-refractivity contribution is 5.75. The fourth-order valence-electron chi connectivity index (χ4n) is 2.45. The van der Waals surface area contributed by atoms with E-state index in [1.807, 2.05) is 26.8 Å². The van der Waals surface area contributed by atoms with Crippen molar-refractivity contribution in [1.82, 2.24) is 9.80 Å². The maximum atomic E-state index is 12.0.